The summed E-state index contributed by atoms with van der Waals surface area (Å²) in [5.41, 5.74) is 0.908. The zero-order chi connectivity index (χ0) is 12.8. The molecule has 96 valence electrons. The van der Waals surface area contributed by atoms with Gasteiger partial charge in [-0.25, -0.2) is 0 Å². The number of aliphatic hydroxyl groups is 1. The minimum atomic E-state index is 0.0667. The predicted octanol–water partition coefficient (Wildman–Crippen LogP) is 1.60. The van der Waals surface area contributed by atoms with Gasteiger partial charge in [0.15, 0.2) is 0 Å². The Morgan fingerprint density at radius 1 is 1.28 bits per heavy atom. The summed E-state index contributed by atoms with van der Waals surface area (Å²) in [6.07, 6.45) is 0.857. The summed E-state index contributed by atoms with van der Waals surface area (Å²) in [4.78, 5) is 0. The number of benzene rings is 1. The highest BCUT2D eigenvalue weighted by molar-refractivity contribution is 5.51. The molecule has 0 aliphatic carbocycles. The number of rotatable bonds is 6. The third-order valence-electron chi connectivity index (χ3n) is 2.74. The Bertz CT molecular complexity index is 466. The van der Waals surface area contributed by atoms with E-state index in [1.54, 1.807) is 0 Å². The van der Waals surface area contributed by atoms with Crippen LogP contribution in [0.15, 0.2) is 34.7 Å². The van der Waals surface area contributed by atoms with Gasteiger partial charge in [0, 0.05) is 11.6 Å². The van der Waals surface area contributed by atoms with Gasteiger partial charge in [-0.1, -0.05) is 25.1 Å². The Hall–Kier alpha value is -1.72. The summed E-state index contributed by atoms with van der Waals surface area (Å²) in [6, 6.07) is 9.71. The lowest BCUT2D eigenvalue weighted by Crippen LogP contribution is -2.31. The van der Waals surface area contributed by atoms with Crippen molar-refractivity contribution in [2.45, 2.75) is 25.9 Å². The van der Waals surface area contributed by atoms with Crippen LogP contribution in [0.4, 0.5) is 0 Å². The van der Waals surface area contributed by atoms with Crippen LogP contribution in [-0.4, -0.2) is 28.0 Å². The molecule has 0 amide bonds. The van der Waals surface area contributed by atoms with Crippen molar-refractivity contribution in [1.29, 1.82) is 0 Å². The summed E-state index contributed by atoms with van der Waals surface area (Å²) in [7, 11) is 0. The summed E-state index contributed by atoms with van der Waals surface area (Å²) in [5.74, 6) is 1.05. The maximum Gasteiger partial charge on any atom is 0.247 e. The van der Waals surface area contributed by atoms with Crippen LogP contribution < -0.4 is 5.32 Å². The average Bonchev–Trinajstić information content (AvgIpc) is 2.90. The molecule has 1 aromatic carbocycles. The average molecular weight is 247 g/mol. The molecule has 0 saturated heterocycles. The van der Waals surface area contributed by atoms with Crippen molar-refractivity contribution in [3.05, 3.63) is 36.2 Å². The van der Waals surface area contributed by atoms with Crippen molar-refractivity contribution in [3.8, 4) is 11.5 Å². The molecule has 1 atom stereocenters. The number of nitrogens with zero attached hydrogens (tertiary/aromatic N) is 2. The molecule has 2 aromatic rings. The fraction of sp³-hybridized carbons (Fsp3) is 0.385. The van der Waals surface area contributed by atoms with E-state index in [1.807, 2.05) is 37.3 Å². The fourth-order valence-corrected chi connectivity index (χ4v) is 1.59. The Balaban J connectivity index is 1.98. The molecule has 5 heteroatoms. The lowest BCUT2D eigenvalue weighted by atomic mass is 10.2. The molecule has 0 radical (unpaired) electrons. The molecular formula is C13H17N3O2. The molecule has 2 N–H and O–H groups in total. The summed E-state index contributed by atoms with van der Waals surface area (Å²) < 4.78 is 5.54. The van der Waals surface area contributed by atoms with Gasteiger partial charge in [-0.15, -0.1) is 10.2 Å². The minimum absolute atomic E-state index is 0.0667. The molecular weight excluding hydrogens is 230 g/mol. The van der Waals surface area contributed by atoms with E-state index in [1.165, 1.54) is 0 Å². The van der Waals surface area contributed by atoms with Gasteiger partial charge >= 0.3 is 0 Å². The first-order chi connectivity index (χ1) is 8.83. The van der Waals surface area contributed by atoms with Crippen LogP contribution in [0.2, 0.25) is 0 Å². The van der Waals surface area contributed by atoms with Crippen LogP contribution in [-0.2, 0) is 6.54 Å². The first-order valence-electron chi connectivity index (χ1n) is 6.05. The SMILES string of the molecule is CC[C@H](CO)NCc1nnc(-c2ccccc2)o1. The maximum absolute atomic E-state index is 9.06. The normalized spacial score (nSPS) is 12.6. The lowest BCUT2D eigenvalue weighted by Gasteiger charge is -2.11. The Kier molecular flexibility index (Phi) is 4.44. The van der Waals surface area contributed by atoms with Crippen LogP contribution in [0.3, 0.4) is 0 Å². The van der Waals surface area contributed by atoms with E-state index in [0.717, 1.165) is 12.0 Å². The van der Waals surface area contributed by atoms with Gasteiger partial charge in [0.2, 0.25) is 11.8 Å². The van der Waals surface area contributed by atoms with Gasteiger partial charge < -0.3 is 14.8 Å². The second-order valence-electron chi connectivity index (χ2n) is 4.04. The summed E-state index contributed by atoms with van der Waals surface area (Å²) >= 11 is 0. The van der Waals surface area contributed by atoms with Crippen molar-refractivity contribution in [1.82, 2.24) is 15.5 Å². The van der Waals surface area contributed by atoms with Crippen molar-refractivity contribution < 1.29 is 9.52 Å². The number of aromatic nitrogens is 2. The Morgan fingerprint density at radius 3 is 2.72 bits per heavy atom. The molecule has 0 unspecified atom stereocenters. The number of aliphatic hydroxyl groups excluding tert-OH is 1. The van der Waals surface area contributed by atoms with Crippen molar-refractivity contribution in [2.24, 2.45) is 0 Å². The highest BCUT2D eigenvalue weighted by Gasteiger charge is 2.09. The van der Waals surface area contributed by atoms with E-state index >= 15 is 0 Å². The number of hydrogen-bond donors (Lipinski definition) is 2. The van der Waals surface area contributed by atoms with Gasteiger partial charge in [0.05, 0.1) is 13.2 Å². The van der Waals surface area contributed by atoms with Crippen LogP contribution in [0.5, 0.6) is 0 Å². The molecule has 0 spiro atoms. The number of nitrogens with one attached hydrogen (secondary N) is 1. The summed E-state index contributed by atoms with van der Waals surface area (Å²) in [5, 5.41) is 20.2. The van der Waals surface area contributed by atoms with Gasteiger partial charge in [-0.05, 0) is 18.6 Å². The standard InChI is InChI=1S/C13H17N3O2/c1-2-11(9-17)14-8-12-15-16-13(18-12)10-6-4-3-5-7-10/h3-7,11,14,17H,2,8-9H2,1H3/t11-/m1/s1. The lowest BCUT2D eigenvalue weighted by molar-refractivity contribution is 0.235. The molecule has 1 heterocycles. The van der Waals surface area contributed by atoms with Gasteiger partial charge in [0.25, 0.3) is 0 Å². The molecule has 1 aromatic heterocycles. The topological polar surface area (TPSA) is 71.2 Å². The van der Waals surface area contributed by atoms with E-state index in [9.17, 15) is 0 Å². The maximum atomic E-state index is 9.06. The molecule has 5 nitrogen and oxygen atoms in total. The summed E-state index contributed by atoms with van der Waals surface area (Å²) in [6.45, 7) is 2.59. The first kappa shape index (κ1) is 12.7. The third-order valence-corrected chi connectivity index (χ3v) is 2.74. The van der Waals surface area contributed by atoms with Gasteiger partial charge in [-0.3, -0.25) is 0 Å². The second-order valence-corrected chi connectivity index (χ2v) is 4.04. The monoisotopic (exact) mass is 247 g/mol. The molecule has 2 rings (SSSR count). The van der Waals surface area contributed by atoms with E-state index < -0.39 is 0 Å². The van der Waals surface area contributed by atoms with Gasteiger partial charge in [0.1, 0.15) is 0 Å². The molecule has 18 heavy (non-hydrogen) atoms. The van der Waals surface area contributed by atoms with Crippen molar-refractivity contribution in [2.75, 3.05) is 6.61 Å². The predicted molar refractivity (Wildman–Crippen MR) is 67.7 cm³/mol. The zero-order valence-electron chi connectivity index (χ0n) is 10.3. The zero-order valence-corrected chi connectivity index (χ0v) is 10.3. The molecule has 0 bridgehead atoms. The van der Waals surface area contributed by atoms with Crippen LogP contribution in [0.25, 0.3) is 11.5 Å². The first-order valence-corrected chi connectivity index (χ1v) is 6.05. The highest BCUT2D eigenvalue weighted by atomic mass is 16.4. The van der Waals surface area contributed by atoms with E-state index in [-0.39, 0.29) is 12.6 Å². The second kappa shape index (κ2) is 6.28. The van der Waals surface area contributed by atoms with Crippen molar-refractivity contribution in [3.63, 3.8) is 0 Å². The highest BCUT2D eigenvalue weighted by Crippen LogP contribution is 2.16. The Morgan fingerprint density at radius 2 is 2.06 bits per heavy atom. The molecule has 0 fully saturated rings. The van der Waals surface area contributed by atoms with Crippen LogP contribution in [0.1, 0.15) is 19.2 Å². The van der Waals surface area contributed by atoms with E-state index in [4.69, 9.17) is 9.52 Å². The molecule has 0 saturated carbocycles. The van der Waals surface area contributed by atoms with E-state index in [0.29, 0.717) is 18.3 Å². The van der Waals surface area contributed by atoms with Gasteiger partial charge in [-0.2, -0.15) is 0 Å². The molecule has 0 aliphatic rings. The quantitative estimate of drug-likeness (QED) is 0.811. The smallest absolute Gasteiger partial charge is 0.247 e. The van der Waals surface area contributed by atoms with E-state index in [2.05, 4.69) is 15.5 Å². The van der Waals surface area contributed by atoms with Crippen molar-refractivity contribution >= 4 is 0 Å². The largest absolute Gasteiger partial charge is 0.419 e. The Labute approximate surface area is 106 Å². The third kappa shape index (κ3) is 3.15. The fourth-order valence-electron chi connectivity index (χ4n) is 1.59. The molecule has 0 aliphatic heterocycles. The van der Waals surface area contributed by atoms with Crippen LogP contribution >= 0.6 is 0 Å². The minimum Gasteiger partial charge on any atom is -0.419 e. The van der Waals surface area contributed by atoms with Crippen LogP contribution in [0, 0.1) is 0 Å². The number of hydrogen-bond acceptors (Lipinski definition) is 5.